The van der Waals surface area contributed by atoms with Gasteiger partial charge < -0.3 is 4.74 Å². The molecule has 0 spiro atoms. The average molecular weight is 246 g/mol. The van der Waals surface area contributed by atoms with Crippen LogP contribution >= 0.6 is 0 Å². The Morgan fingerprint density at radius 2 is 2.11 bits per heavy atom. The molecule has 0 aliphatic carbocycles. The van der Waals surface area contributed by atoms with E-state index in [0.29, 0.717) is 12.2 Å². The van der Waals surface area contributed by atoms with Crippen molar-refractivity contribution in [1.82, 2.24) is 0 Å². The number of carbonyl (C=O) groups is 1. The first-order valence-electron chi connectivity index (χ1n) is 6.83. The molecule has 2 heteroatoms. The van der Waals surface area contributed by atoms with Gasteiger partial charge in [0.2, 0.25) is 0 Å². The van der Waals surface area contributed by atoms with E-state index in [9.17, 15) is 4.79 Å². The van der Waals surface area contributed by atoms with Crippen LogP contribution in [-0.2, 0) is 16.0 Å². The molecular weight excluding hydrogens is 224 g/mol. The molecule has 0 radical (unpaired) electrons. The van der Waals surface area contributed by atoms with Crippen LogP contribution in [-0.4, -0.2) is 18.0 Å². The molecular formula is C16H22O2. The lowest BCUT2D eigenvalue weighted by molar-refractivity contribution is -0.134. The van der Waals surface area contributed by atoms with E-state index in [2.05, 4.69) is 13.8 Å². The third-order valence-corrected chi connectivity index (χ3v) is 4.02. The lowest BCUT2D eigenvalue weighted by Gasteiger charge is -2.37. The molecule has 0 amide bonds. The summed E-state index contributed by atoms with van der Waals surface area (Å²) in [5.41, 5.74) is 1.02. The number of ketones is 1. The van der Waals surface area contributed by atoms with Gasteiger partial charge in [-0.2, -0.15) is 0 Å². The molecule has 1 aliphatic rings. The summed E-state index contributed by atoms with van der Waals surface area (Å²) in [6.07, 6.45) is 3.28. The van der Waals surface area contributed by atoms with Gasteiger partial charge in [0.15, 0.2) is 0 Å². The van der Waals surface area contributed by atoms with E-state index in [0.717, 1.165) is 31.4 Å². The van der Waals surface area contributed by atoms with E-state index < -0.39 is 0 Å². The summed E-state index contributed by atoms with van der Waals surface area (Å²) in [6.45, 7) is 4.97. The fourth-order valence-corrected chi connectivity index (χ4v) is 2.59. The zero-order valence-corrected chi connectivity index (χ0v) is 11.3. The fourth-order valence-electron chi connectivity index (χ4n) is 2.59. The molecule has 2 rings (SSSR count). The maximum atomic E-state index is 12.3. The van der Waals surface area contributed by atoms with Crippen molar-refractivity contribution < 1.29 is 9.53 Å². The summed E-state index contributed by atoms with van der Waals surface area (Å²) in [4.78, 5) is 12.3. The van der Waals surface area contributed by atoms with Crippen LogP contribution in [0.4, 0.5) is 0 Å². The van der Waals surface area contributed by atoms with E-state index in [4.69, 9.17) is 4.74 Å². The second-order valence-electron chi connectivity index (χ2n) is 5.47. The summed E-state index contributed by atoms with van der Waals surface area (Å²) < 4.78 is 5.79. The molecule has 0 unspecified atom stereocenters. The van der Waals surface area contributed by atoms with Gasteiger partial charge in [-0.05, 0) is 31.7 Å². The van der Waals surface area contributed by atoms with Crippen molar-refractivity contribution in [3.05, 3.63) is 35.9 Å². The van der Waals surface area contributed by atoms with E-state index in [1.807, 2.05) is 30.3 Å². The van der Waals surface area contributed by atoms with Gasteiger partial charge in [0, 0.05) is 18.9 Å². The van der Waals surface area contributed by atoms with Crippen molar-refractivity contribution in [3.63, 3.8) is 0 Å². The maximum absolute atomic E-state index is 12.3. The molecule has 2 atom stereocenters. The summed E-state index contributed by atoms with van der Waals surface area (Å²) >= 11 is 0. The first kappa shape index (κ1) is 13.3. The zero-order valence-electron chi connectivity index (χ0n) is 11.3. The Balaban J connectivity index is 1.97. The van der Waals surface area contributed by atoms with Crippen molar-refractivity contribution in [2.24, 2.45) is 5.92 Å². The van der Waals surface area contributed by atoms with Crippen molar-refractivity contribution in [2.45, 2.75) is 45.1 Å². The Morgan fingerprint density at radius 3 is 2.78 bits per heavy atom. The van der Waals surface area contributed by atoms with E-state index in [-0.39, 0.29) is 11.5 Å². The fraction of sp³-hybridized carbons (Fsp3) is 0.562. The predicted molar refractivity (Wildman–Crippen MR) is 72.5 cm³/mol. The summed E-state index contributed by atoms with van der Waals surface area (Å²) in [5, 5.41) is 0. The lowest BCUT2D eigenvalue weighted by Crippen LogP contribution is -2.39. The van der Waals surface area contributed by atoms with Crippen LogP contribution in [0, 0.1) is 5.92 Å². The summed E-state index contributed by atoms with van der Waals surface area (Å²) in [7, 11) is 0. The molecule has 1 saturated heterocycles. The van der Waals surface area contributed by atoms with E-state index >= 15 is 0 Å². The van der Waals surface area contributed by atoms with Crippen LogP contribution in [0.3, 0.4) is 0 Å². The molecule has 1 aromatic carbocycles. The third kappa shape index (κ3) is 3.20. The van der Waals surface area contributed by atoms with Crippen molar-refractivity contribution in [3.8, 4) is 0 Å². The van der Waals surface area contributed by atoms with Crippen LogP contribution in [0.15, 0.2) is 30.3 Å². The molecule has 0 bridgehead atoms. The van der Waals surface area contributed by atoms with Gasteiger partial charge in [-0.1, -0.05) is 37.3 Å². The monoisotopic (exact) mass is 246 g/mol. The Morgan fingerprint density at radius 1 is 1.39 bits per heavy atom. The van der Waals surface area contributed by atoms with E-state index in [1.165, 1.54) is 0 Å². The van der Waals surface area contributed by atoms with Crippen LogP contribution in [0.2, 0.25) is 0 Å². The number of Topliss-reactive ketones (excluding diaryl/α,β-unsaturated/α-hetero) is 1. The number of hydrogen-bond donors (Lipinski definition) is 0. The van der Waals surface area contributed by atoms with Crippen LogP contribution in [0.5, 0.6) is 0 Å². The number of carbonyl (C=O) groups excluding carboxylic acids is 1. The van der Waals surface area contributed by atoms with Crippen molar-refractivity contribution in [1.29, 1.82) is 0 Å². The third-order valence-electron chi connectivity index (χ3n) is 4.02. The highest BCUT2D eigenvalue weighted by Gasteiger charge is 2.34. The van der Waals surface area contributed by atoms with Crippen LogP contribution in [0.1, 0.15) is 38.7 Å². The minimum absolute atomic E-state index is 0.102. The molecule has 1 aliphatic heterocycles. The molecule has 1 fully saturated rings. The Labute approximate surface area is 109 Å². The standard InChI is InChI=1S/C16H22O2/c1-3-16(2)12-14(9-10-18-16)15(17)11-13-7-5-4-6-8-13/h4-8,14H,3,9-12H2,1-2H3/t14-,16-/m0/s1. The minimum Gasteiger partial charge on any atom is -0.375 e. The molecule has 2 nitrogen and oxygen atoms in total. The van der Waals surface area contributed by atoms with Crippen LogP contribution in [0.25, 0.3) is 0 Å². The van der Waals surface area contributed by atoms with Crippen molar-refractivity contribution >= 4 is 5.78 Å². The second kappa shape index (κ2) is 5.66. The second-order valence-corrected chi connectivity index (χ2v) is 5.47. The van der Waals surface area contributed by atoms with Gasteiger partial charge in [0.25, 0.3) is 0 Å². The number of rotatable bonds is 4. The van der Waals surface area contributed by atoms with Gasteiger partial charge in [-0.15, -0.1) is 0 Å². The highest BCUT2D eigenvalue weighted by Crippen LogP contribution is 2.32. The van der Waals surface area contributed by atoms with Gasteiger partial charge in [-0.25, -0.2) is 0 Å². The van der Waals surface area contributed by atoms with Crippen LogP contribution < -0.4 is 0 Å². The lowest BCUT2D eigenvalue weighted by atomic mass is 9.81. The zero-order chi connectivity index (χ0) is 13.0. The Kier molecular flexibility index (Phi) is 4.18. The molecule has 98 valence electrons. The first-order valence-corrected chi connectivity index (χ1v) is 6.83. The largest absolute Gasteiger partial charge is 0.375 e. The molecule has 0 aromatic heterocycles. The Hall–Kier alpha value is -1.15. The van der Waals surface area contributed by atoms with E-state index in [1.54, 1.807) is 0 Å². The number of hydrogen-bond acceptors (Lipinski definition) is 2. The van der Waals surface area contributed by atoms with Gasteiger partial charge in [-0.3, -0.25) is 4.79 Å². The highest BCUT2D eigenvalue weighted by molar-refractivity contribution is 5.83. The minimum atomic E-state index is -0.102. The Bertz CT molecular complexity index is 399. The first-order chi connectivity index (χ1) is 8.63. The topological polar surface area (TPSA) is 26.3 Å². The summed E-state index contributed by atoms with van der Waals surface area (Å²) in [5.74, 6) is 0.535. The van der Waals surface area contributed by atoms with Gasteiger partial charge in [0.05, 0.1) is 5.60 Å². The molecule has 1 aromatic rings. The molecule has 0 N–H and O–H groups in total. The summed E-state index contributed by atoms with van der Waals surface area (Å²) in [6, 6.07) is 10.0. The average Bonchev–Trinajstić information content (AvgIpc) is 2.40. The smallest absolute Gasteiger partial charge is 0.140 e. The van der Waals surface area contributed by atoms with Gasteiger partial charge >= 0.3 is 0 Å². The normalized spacial score (nSPS) is 28.0. The predicted octanol–water partition coefficient (Wildman–Crippen LogP) is 3.39. The molecule has 18 heavy (non-hydrogen) atoms. The van der Waals surface area contributed by atoms with Gasteiger partial charge in [0.1, 0.15) is 5.78 Å². The SMILES string of the molecule is CC[C@@]1(C)C[C@@H](C(=O)Cc2ccccc2)CCO1. The number of benzene rings is 1. The number of ether oxygens (including phenoxy) is 1. The highest BCUT2D eigenvalue weighted by atomic mass is 16.5. The molecule has 1 heterocycles. The maximum Gasteiger partial charge on any atom is 0.140 e. The van der Waals surface area contributed by atoms with Crippen molar-refractivity contribution in [2.75, 3.05) is 6.61 Å². The molecule has 0 saturated carbocycles. The quantitative estimate of drug-likeness (QED) is 0.814.